The molecule has 0 N–H and O–H groups in total. The minimum atomic E-state index is 0.699. The van der Waals surface area contributed by atoms with Crippen molar-refractivity contribution in [2.75, 3.05) is 13.7 Å². The third-order valence-corrected chi connectivity index (χ3v) is 3.99. The van der Waals surface area contributed by atoms with Crippen molar-refractivity contribution in [3.63, 3.8) is 0 Å². The number of hydrogen-bond acceptors (Lipinski definition) is 2. The molecule has 0 atom stereocenters. The molecule has 0 saturated carbocycles. The Hall–Kier alpha value is -0.390. The first kappa shape index (κ1) is 12.1. The van der Waals surface area contributed by atoms with Gasteiger partial charge in [-0.1, -0.05) is 29.8 Å². The van der Waals surface area contributed by atoms with Crippen LogP contribution in [0.25, 0.3) is 10.9 Å². The monoisotopic (exact) mass is 347 g/mol. The number of methoxy groups -OCH3 is 1. The van der Waals surface area contributed by atoms with E-state index in [1.807, 2.05) is 18.3 Å². The number of ether oxygens (including phenoxy) is 1. The Bertz CT molecular complexity index is 516. The van der Waals surface area contributed by atoms with E-state index >= 15 is 0 Å². The van der Waals surface area contributed by atoms with Gasteiger partial charge < -0.3 is 4.74 Å². The third kappa shape index (κ3) is 2.31. The highest BCUT2D eigenvalue weighted by Crippen LogP contribution is 2.28. The minimum absolute atomic E-state index is 0.699. The highest BCUT2D eigenvalue weighted by atomic mass is 127. The Labute approximate surface area is 113 Å². The molecule has 0 saturated heterocycles. The van der Waals surface area contributed by atoms with E-state index in [0.29, 0.717) is 6.61 Å². The Balaban J connectivity index is 2.56. The average Bonchev–Trinajstić information content (AvgIpc) is 2.31. The quantitative estimate of drug-likeness (QED) is 0.790. The molecule has 4 heteroatoms. The summed E-state index contributed by atoms with van der Waals surface area (Å²) in [5, 5.41) is 1.80. The molecule has 84 valence electrons. The second-order valence-corrected chi connectivity index (χ2v) is 5.02. The van der Waals surface area contributed by atoms with E-state index in [2.05, 4.69) is 33.6 Å². The fourth-order valence-electron chi connectivity index (χ4n) is 1.64. The Kier molecular flexibility index (Phi) is 4.00. The van der Waals surface area contributed by atoms with Gasteiger partial charge in [0.1, 0.15) is 0 Å². The fraction of sp³-hybridized carbons (Fsp3) is 0.250. The molecule has 2 nitrogen and oxygen atoms in total. The van der Waals surface area contributed by atoms with Gasteiger partial charge in [0.15, 0.2) is 0 Å². The topological polar surface area (TPSA) is 22.1 Å². The molecule has 0 aliphatic rings. The molecule has 1 heterocycles. The molecule has 0 fully saturated rings. The first-order valence-corrected chi connectivity index (χ1v) is 6.40. The molecule has 0 aliphatic carbocycles. The van der Waals surface area contributed by atoms with Crippen molar-refractivity contribution in [2.45, 2.75) is 6.42 Å². The number of benzene rings is 1. The van der Waals surface area contributed by atoms with Crippen LogP contribution in [0.5, 0.6) is 0 Å². The highest BCUT2D eigenvalue weighted by molar-refractivity contribution is 14.1. The van der Waals surface area contributed by atoms with Crippen molar-refractivity contribution >= 4 is 45.1 Å². The standard InChI is InChI=1S/C12H11ClINO/c1-16-6-5-8-3-2-4-9-11(13)10(14)7-15-12(8)9/h2-4,7H,5-6H2,1H3. The van der Waals surface area contributed by atoms with Crippen LogP contribution in [0, 0.1) is 3.57 Å². The van der Waals surface area contributed by atoms with E-state index in [1.165, 1.54) is 5.56 Å². The number of halogens is 2. The van der Waals surface area contributed by atoms with Gasteiger partial charge in [0, 0.05) is 18.7 Å². The van der Waals surface area contributed by atoms with Gasteiger partial charge in [0.25, 0.3) is 0 Å². The van der Waals surface area contributed by atoms with Gasteiger partial charge >= 0.3 is 0 Å². The predicted molar refractivity (Wildman–Crippen MR) is 75.1 cm³/mol. The van der Waals surface area contributed by atoms with Crippen molar-refractivity contribution in [3.05, 3.63) is 38.6 Å². The van der Waals surface area contributed by atoms with E-state index in [1.54, 1.807) is 7.11 Å². The van der Waals surface area contributed by atoms with E-state index in [4.69, 9.17) is 16.3 Å². The summed E-state index contributed by atoms with van der Waals surface area (Å²) in [6, 6.07) is 6.08. The third-order valence-electron chi connectivity index (χ3n) is 2.45. The van der Waals surface area contributed by atoms with Crippen LogP contribution in [-0.2, 0) is 11.2 Å². The number of para-hydroxylation sites is 1. The molecule has 2 aromatic rings. The van der Waals surface area contributed by atoms with Crippen LogP contribution in [-0.4, -0.2) is 18.7 Å². The summed E-state index contributed by atoms with van der Waals surface area (Å²) in [6.45, 7) is 0.699. The second kappa shape index (κ2) is 5.29. The van der Waals surface area contributed by atoms with E-state index < -0.39 is 0 Å². The number of pyridine rings is 1. The van der Waals surface area contributed by atoms with Gasteiger partial charge in [-0.25, -0.2) is 0 Å². The lowest BCUT2D eigenvalue weighted by Gasteiger charge is -2.07. The Morgan fingerprint density at radius 1 is 1.44 bits per heavy atom. The van der Waals surface area contributed by atoms with Crippen LogP contribution in [0.15, 0.2) is 24.4 Å². The zero-order chi connectivity index (χ0) is 11.5. The molecule has 16 heavy (non-hydrogen) atoms. The van der Waals surface area contributed by atoms with Gasteiger partial charge in [-0.15, -0.1) is 0 Å². The molecule has 1 aromatic heterocycles. The molecule has 2 rings (SSSR count). The lowest BCUT2D eigenvalue weighted by molar-refractivity contribution is 0.202. The van der Waals surface area contributed by atoms with Crippen LogP contribution < -0.4 is 0 Å². The maximum Gasteiger partial charge on any atom is 0.0750 e. The first-order chi connectivity index (χ1) is 7.74. The smallest absolute Gasteiger partial charge is 0.0750 e. The molecule has 0 radical (unpaired) electrons. The van der Waals surface area contributed by atoms with E-state index in [-0.39, 0.29) is 0 Å². The number of aromatic nitrogens is 1. The van der Waals surface area contributed by atoms with Crippen LogP contribution in [0.1, 0.15) is 5.56 Å². The largest absolute Gasteiger partial charge is 0.384 e. The van der Waals surface area contributed by atoms with Crippen molar-refractivity contribution in [3.8, 4) is 0 Å². The van der Waals surface area contributed by atoms with Crippen LogP contribution >= 0.6 is 34.2 Å². The molecule has 0 amide bonds. The Morgan fingerprint density at radius 2 is 2.25 bits per heavy atom. The number of nitrogens with zero attached hydrogens (tertiary/aromatic N) is 1. The van der Waals surface area contributed by atoms with Crippen molar-refractivity contribution in [1.29, 1.82) is 0 Å². The van der Waals surface area contributed by atoms with Crippen molar-refractivity contribution in [2.24, 2.45) is 0 Å². The molecule has 0 spiro atoms. The maximum absolute atomic E-state index is 6.25. The number of fused-ring (bicyclic) bond motifs is 1. The summed E-state index contributed by atoms with van der Waals surface area (Å²) < 4.78 is 6.07. The summed E-state index contributed by atoms with van der Waals surface area (Å²) in [5.41, 5.74) is 2.16. The first-order valence-electron chi connectivity index (χ1n) is 4.94. The van der Waals surface area contributed by atoms with Gasteiger partial charge in [-0.05, 0) is 34.6 Å². The normalized spacial score (nSPS) is 10.9. The molecule has 0 unspecified atom stereocenters. The summed E-state index contributed by atoms with van der Waals surface area (Å²) in [6.07, 6.45) is 2.67. The van der Waals surface area contributed by atoms with E-state index in [0.717, 1.165) is 25.9 Å². The van der Waals surface area contributed by atoms with E-state index in [9.17, 15) is 0 Å². The molecule has 1 aromatic carbocycles. The van der Waals surface area contributed by atoms with Crippen molar-refractivity contribution in [1.82, 2.24) is 4.98 Å². The van der Waals surface area contributed by atoms with Gasteiger partial charge in [-0.3, -0.25) is 4.98 Å². The summed E-state index contributed by atoms with van der Waals surface area (Å²) >= 11 is 8.45. The van der Waals surface area contributed by atoms with Crippen molar-refractivity contribution < 1.29 is 4.74 Å². The zero-order valence-corrected chi connectivity index (χ0v) is 11.7. The number of rotatable bonds is 3. The predicted octanol–water partition coefficient (Wildman–Crippen LogP) is 3.68. The molecular formula is C12H11ClINO. The average molecular weight is 348 g/mol. The van der Waals surface area contributed by atoms with Gasteiger partial charge in [0.2, 0.25) is 0 Å². The zero-order valence-electron chi connectivity index (χ0n) is 8.84. The van der Waals surface area contributed by atoms with Crippen LogP contribution in [0.2, 0.25) is 5.02 Å². The number of hydrogen-bond donors (Lipinski definition) is 0. The lowest BCUT2D eigenvalue weighted by Crippen LogP contribution is -1.97. The minimum Gasteiger partial charge on any atom is -0.384 e. The summed E-state index contributed by atoms with van der Waals surface area (Å²) in [4.78, 5) is 4.45. The highest BCUT2D eigenvalue weighted by Gasteiger charge is 2.07. The fourth-order valence-corrected chi connectivity index (χ4v) is 2.27. The van der Waals surface area contributed by atoms with Crippen LogP contribution in [0.4, 0.5) is 0 Å². The lowest BCUT2D eigenvalue weighted by atomic mass is 10.1. The summed E-state index contributed by atoms with van der Waals surface area (Å²) in [7, 11) is 1.70. The molecule has 0 bridgehead atoms. The van der Waals surface area contributed by atoms with Gasteiger partial charge in [0.05, 0.1) is 20.7 Å². The summed E-state index contributed by atoms with van der Waals surface area (Å²) in [5.74, 6) is 0. The molecule has 0 aliphatic heterocycles. The van der Waals surface area contributed by atoms with Crippen LogP contribution in [0.3, 0.4) is 0 Å². The Morgan fingerprint density at radius 3 is 3.00 bits per heavy atom. The maximum atomic E-state index is 6.25. The molecular weight excluding hydrogens is 336 g/mol. The second-order valence-electron chi connectivity index (χ2n) is 3.48. The SMILES string of the molecule is COCCc1cccc2c(Cl)c(I)cnc12. The van der Waals surface area contributed by atoms with Gasteiger partial charge in [-0.2, -0.15) is 0 Å².